The van der Waals surface area contributed by atoms with Crippen LogP contribution in [0.1, 0.15) is 13.8 Å². The maximum Gasteiger partial charge on any atom is 0.0993 e. The van der Waals surface area contributed by atoms with E-state index in [0.717, 1.165) is 36.0 Å². The third-order valence-electron chi connectivity index (χ3n) is 2.65. The highest BCUT2D eigenvalue weighted by molar-refractivity contribution is 9.09. The molecule has 0 saturated carbocycles. The molecule has 0 unspecified atom stereocenters. The Hall–Kier alpha value is 0.240. The third kappa shape index (κ3) is 4.87. The zero-order chi connectivity index (χ0) is 10.2. The molecule has 0 amide bonds. The van der Waals surface area contributed by atoms with Crippen LogP contribution in [-0.4, -0.2) is 47.7 Å². The van der Waals surface area contributed by atoms with Crippen LogP contribution in [-0.2, 0) is 0 Å². The first-order valence-corrected chi connectivity index (χ1v) is 6.22. The van der Waals surface area contributed by atoms with Crippen LogP contribution < -0.4 is 0 Å². The lowest BCUT2D eigenvalue weighted by molar-refractivity contribution is -0.921. The average molecular weight is 266 g/mol. The standard InChI is InChI=1S/C9H18BrN2S/c1-3-12(4-2,7-5-10)8-6-11-9-13/h3-8H2,1-2H3/q+1. The van der Waals surface area contributed by atoms with Gasteiger partial charge in [-0.2, -0.15) is 0 Å². The number of likely N-dealkylation sites (N-methyl/N-ethyl adjacent to an activating group) is 1. The fourth-order valence-electron chi connectivity index (χ4n) is 1.45. The van der Waals surface area contributed by atoms with E-state index < -0.39 is 0 Å². The van der Waals surface area contributed by atoms with Crippen LogP contribution in [0, 0.1) is 0 Å². The molecular weight excluding hydrogens is 248 g/mol. The van der Waals surface area contributed by atoms with Gasteiger partial charge in [-0.3, -0.25) is 0 Å². The molecule has 0 atom stereocenters. The van der Waals surface area contributed by atoms with Crippen LogP contribution in [0.25, 0.3) is 0 Å². The molecule has 0 aromatic heterocycles. The number of rotatable bonds is 7. The number of alkyl halides is 1. The van der Waals surface area contributed by atoms with Crippen molar-refractivity contribution in [1.29, 1.82) is 0 Å². The Balaban J connectivity index is 4.11. The molecule has 0 fully saturated rings. The van der Waals surface area contributed by atoms with Crippen LogP contribution in [0.3, 0.4) is 0 Å². The highest BCUT2D eigenvalue weighted by Gasteiger charge is 2.21. The topological polar surface area (TPSA) is 12.4 Å². The number of aliphatic imine (C=N–C) groups is 1. The van der Waals surface area contributed by atoms with Gasteiger partial charge in [0.05, 0.1) is 43.2 Å². The fraction of sp³-hybridized carbons (Fsp3) is 0.889. The number of nitrogens with zero attached hydrogens (tertiary/aromatic N) is 2. The van der Waals surface area contributed by atoms with Crippen molar-refractivity contribution in [3.63, 3.8) is 0 Å². The first-order valence-electron chi connectivity index (χ1n) is 4.69. The van der Waals surface area contributed by atoms with Gasteiger partial charge in [0.25, 0.3) is 0 Å². The minimum absolute atomic E-state index is 0.804. The molecule has 0 aliphatic carbocycles. The van der Waals surface area contributed by atoms with E-state index in [-0.39, 0.29) is 0 Å². The summed E-state index contributed by atoms with van der Waals surface area (Å²) < 4.78 is 1.12. The van der Waals surface area contributed by atoms with Gasteiger partial charge in [-0.25, -0.2) is 4.99 Å². The molecule has 13 heavy (non-hydrogen) atoms. The smallest absolute Gasteiger partial charge is 0.0993 e. The minimum Gasteiger partial charge on any atom is -0.322 e. The number of quaternary nitrogens is 1. The normalized spacial score (nSPS) is 11.0. The Labute approximate surface area is 94.8 Å². The molecule has 0 aliphatic rings. The monoisotopic (exact) mass is 265 g/mol. The van der Waals surface area contributed by atoms with Crippen molar-refractivity contribution in [2.24, 2.45) is 4.99 Å². The lowest BCUT2D eigenvalue weighted by Crippen LogP contribution is -2.50. The number of hydrogen-bond acceptors (Lipinski definition) is 2. The molecular formula is C9H18BrN2S+. The largest absolute Gasteiger partial charge is 0.322 e. The van der Waals surface area contributed by atoms with E-state index in [1.807, 2.05) is 0 Å². The lowest BCUT2D eigenvalue weighted by atomic mass is 10.3. The predicted octanol–water partition coefficient (Wildman–Crippen LogP) is 2.34. The minimum atomic E-state index is 0.804. The number of thiocarbonyl (C=S) groups is 1. The second kappa shape index (κ2) is 7.63. The maximum absolute atomic E-state index is 4.54. The number of isothiocyanates is 1. The van der Waals surface area contributed by atoms with Crippen LogP contribution in [0.2, 0.25) is 0 Å². The van der Waals surface area contributed by atoms with Crippen molar-refractivity contribution in [2.75, 3.05) is 38.1 Å². The summed E-state index contributed by atoms with van der Waals surface area (Å²) in [6.07, 6.45) is 0. The summed E-state index contributed by atoms with van der Waals surface area (Å²) in [6.45, 7) is 9.82. The quantitative estimate of drug-likeness (QED) is 0.298. The lowest BCUT2D eigenvalue weighted by Gasteiger charge is -2.35. The summed E-state index contributed by atoms with van der Waals surface area (Å²) in [5, 5.41) is 3.47. The second-order valence-corrected chi connectivity index (χ2v) is 4.06. The van der Waals surface area contributed by atoms with E-state index in [9.17, 15) is 0 Å². The van der Waals surface area contributed by atoms with Crippen molar-refractivity contribution in [3.8, 4) is 0 Å². The van der Waals surface area contributed by atoms with Crippen LogP contribution >= 0.6 is 28.1 Å². The van der Waals surface area contributed by atoms with Crippen LogP contribution in [0.15, 0.2) is 4.99 Å². The maximum atomic E-state index is 4.54. The van der Waals surface area contributed by atoms with Crippen molar-refractivity contribution in [3.05, 3.63) is 0 Å². The van der Waals surface area contributed by atoms with E-state index >= 15 is 0 Å². The molecule has 0 radical (unpaired) electrons. The Morgan fingerprint density at radius 2 is 1.92 bits per heavy atom. The molecule has 76 valence electrons. The molecule has 0 aromatic rings. The van der Waals surface area contributed by atoms with Gasteiger partial charge >= 0.3 is 0 Å². The highest BCUT2D eigenvalue weighted by atomic mass is 79.9. The number of hydrogen-bond donors (Lipinski definition) is 0. The molecule has 0 heterocycles. The van der Waals surface area contributed by atoms with Crippen molar-refractivity contribution < 1.29 is 4.48 Å². The van der Waals surface area contributed by atoms with Gasteiger partial charge in [-0.1, -0.05) is 15.9 Å². The van der Waals surface area contributed by atoms with Gasteiger partial charge in [0.15, 0.2) is 0 Å². The SMILES string of the molecule is CC[N+](CC)(CCBr)CCN=C=S. The Morgan fingerprint density at radius 3 is 2.31 bits per heavy atom. The second-order valence-electron chi connectivity index (χ2n) is 3.08. The molecule has 4 heteroatoms. The van der Waals surface area contributed by atoms with Crippen LogP contribution in [0.5, 0.6) is 0 Å². The van der Waals surface area contributed by atoms with Gasteiger partial charge in [0, 0.05) is 0 Å². The molecule has 0 rings (SSSR count). The zero-order valence-electron chi connectivity index (χ0n) is 8.42. The van der Waals surface area contributed by atoms with Crippen LogP contribution in [0.4, 0.5) is 0 Å². The van der Waals surface area contributed by atoms with Crippen molar-refractivity contribution >= 4 is 33.3 Å². The van der Waals surface area contributed by atoms with Gasteiger partial charge in [0.1, 0.15) is 0 Å². The molecule has 0 N–H and O–H groups in total. The summed E-state index contributed by atoms with van der Waals surface area (Å²) in [6, 6.07) is 0. The van der Waals surface area contributed by atoms with E-state index in [1.165, 1.54) is 6.54 Å². The summed E-state index contributed by atoms with van der Waals surface area (Å²) in [5.41, 5.74) is 0. The van der Waals surface area contributed by atoms with Crippen molar-refractivity contribution in [1.82, 2.24) is 0 Å². The summed E-state index contributed by atoms with van der Waals surface area (Å²) >= 11 is 8.04. The molecule has 0 aliphatic heterocycles. The molecule has 0 spiro atoms. The Kier molecular flexibility index (Phi) is 7.77. The number of halogens is 1. The van der Waals surface area contributed by atoms with Crippen molar-refractivity contribution in [2.45, 2.75) is 13.8 Å². The van der Waals surface area contributed by atoms with E-state index in [0.29, 0.717) is 0 Å². The van der Waals surface area contributed by atoms with Gasteiger partial charge in [0.2, 0.25) is 0 Å². The van der Waals surface area contributed by atoms with Gasteiger partial charge < -0.3 is 4.48 Å². The van der Waals surface area contributed by atoms with E-state index in [4.69, 9.17) is 0 Å². The molecule has 2 nitrogen and oxygen atoms in total. The fourth-order valence-corrected chi connectivity index (χ4v) is 2.30. The van der Waals surface area contributed by atoms with Gasteiger partial charge in [-0.15, -0.1) is 0 Å². The molecule has 0 bridgehead atoms. The van der Waals surface area contributed by atoms with E-state index in [2.05, 4.69) is 52.1 Å². The average Bonchev–Trinajstić information content (AvgIpc) is 2.17. The summed E-state index contributed by atoms with van der Waals surface area (Å²) in [4.78, 5) is 3.97. The predicted molar refractivity (Wildman–Crippen MR) is 64.8 cm³/mol. The highest BCUT2D eigenvalue weighted by Crippen LogP contribution is 2.06. The zero-order valence-corrected chi connectivity index (χ0v) is 10.8. The Bertz CT molecular complexity index is 174. The summed E-state index contributed by atoms with van der Waals surface area (Å²) in [5.74, 6) is 0. The summed E-state index contributed by atoms with van der Waals surface area (Å²) in [7, 11) is 0. The van der Waals surface area contributed by atoms with Gasteiger partial charge in [-0.05, 0) is 26.1 Å². The van der Waals surface area contributed by atoms with E-state index in [1.54, 1.807) is 0 Å². The first kappa shape index (κ1) is 13.2. The first-order chi connectivity index (χ1) is 6.24. The molecule has 0 saturated heterocycles. The third-order valence-corrected chi connectivity index (χ3v) is 3.13. The Morgan fingerprint density at radius 1 is 1.31 bits per heavy atom. The molecule has 0 aromatic carbocycles.